The Morgan fingerprint density at radius 1 is 1.47 bits per heavy atom. The average molecular weight is 241 g/mol. The molecule has 1 heterocycles. The van der Waals surface area contributed by atoms with Crippen molar-refractivity contribution in [2.75, 3.05) is 20.8 Å². The highest BCUT2D eigenvalue weighted by molar-refractivity contribution is 5.89. The van der Waals surface area contributed by atoms with Gasteiger partial charge in [0.05, 0.1) is 24.8 Å². The smallest absolute Gasteiger partial charge is 0.337 e. The molecule has 0 saturated carbocycles. The summed E-state index contributed by atoms with van der Waals surface area (Å²) in [5.74, 6) is -0.898. The van der Waals surface area contributed by atoms with Crippen molar-refractivity contribution in [2.45, 2.75) is 26.5 Å². The monoisotopic (exact) mass is 241 g/mol. The summed E-state index contributed by atoms with van der Waals surface area (Å²) in [5.41, 5.74) is 2.00. The zero-order valence-corrected chi connectivity index (χ0v) is 10.7. The number of carboxylic acid groups (broad SMARTS) is 1. The molecule has 0 aliphatic heterocycles. The van der Waals surface area contributed by atoms with Crippen molar-refractivity contribution >= 4 is 5.97 Å². The van der Waals surface area contributed by atoms with Crippen molar-refractivity contribution in [3.05, 3.63) is 23.0 Å². The van der Waals surface area contributed by atoms with Crippen molar-refractivity contribution in [3.63, 3.8) is 0 Å². The number of carboxylic acids is 1. The molecule has 5 nitrogen and oxygen atoms in total. The van der Waals surface area contributed by atoms with E-state index in [-0.39, 0.29) is 6.10 Å². The summed E-state index contributed by atoms with van der Waals surface area (Å²) in [6.45, 7) is 4.76. The molecule has 1 unspecified atom stereocenters. The molecule has 0 aliphatic carbocycles. The molecule has 0 aliphatic rings. The summed E-state index contributed by atoms with van der Waals surface area (Å²) in [6.07, 6.45) is -0.0774. The largest absolute Gasteiger partial charge is 0.478 e. The zero-order valence-electron chi connectivity index (χ0n) is 10.7. The summed E-state index contributed by atoms with van der Waals surface area (Å²) in [6, 6.07) is 1.68. The molecule has 1 atom stereocenters. The predicted molar refractivity (Wildman–Crippen MR) is 63.5 cm³/mol. The molecule has 1 rings (SSSR count). The number of nitrogens with zero attached hydrogens (tertiary/aromatic N) is 1. The number of methoxy groups -OCH3 is 2. The van der Waals surface area contributed by atoms with Gasteiger partial charge in [-0.15, -0.1) is 0 Å². The number of aryl methyl sites for hydroxylation is 1. The van der Waals surface area contributed by atoms with E-state index in [2.05, 4.69) is 0 Å². The maximum absolute atomic E-state index is 11.0. The fraction of sp³-hybridized carbons (Fsp3) is 0.583. The number of aromatic nitrogens is 1. The van der Waals surface area contributed by atoms with Crippen molar-refractivity contribution < 1.29 is 19.4 Å². The highest BCUT2D eigenvalue weighted by atomic mass is 16.5. The lowest BCUT2D eigenvalue weighted by molar-refractivity contribution is 0.0178. The molecular formula is C12H19NO4. The number of carbonyl (C=O) groups is 1. The van der Waals surface area contributed by atoms with Crippen LogP contribution in [0, 0.1) is 13.8 Å². The summed E-state index contributed by atoms with van der Waals surface area (Å²) in [5, 5.41) is 9.03. The van der Waals surface area contributed by atoms with Crippen LogP contribution in [0.1, 0.15) is 21.7 Å². The van der Waals surface area contributed by atoms with E-state index in [0.29, 0.717) is 18.7 Å². The molecule has 0 saturated heterocycles. The van der Waals surface area contributed by atoms with Gasteiger partial charge in [-0.1, -0.05) is 0 Å². The summed E-state index contributed by atoms with van der Waals surface area (Å²) < 4.78 is 12.3. The fourth-order valence-corrected chi connectivity index (χ4v) is 1.88. The van der Waals surface area contributed by atoms with Crippen molar-refractivity contribution in [3.8, 4) is 0 Å². The van der Waals surface area contributed by atoms with E-state index >= 15 is 0 Å². The van der Waals surface area contributed by atoms with Gasteiger partial charge in [0.15, 0.2) is 0 Å². The lowest BCUT2D eigenvalue weighted by Gasteiger charge is -2.17. The minimum absolute atomic E-state index is 0.0774. The van der Waals surface area contributed by atoms with Gasteiger partial charge in [-0.25, -0.2) is 4.79 Å². The van der Waals surface area contributed by atoms with Crippen LogP contribution < -0.4 is 0 Å². The van der Waals surface area contributed by atoms with Crippen LogP contribution in [-0.4, -0.2) is 42.6 Å². The van der Waals surface area contributed by atoms with E-state index in [0.717, 1.165) is 11.4 Å². The standard InChI is InChI=1S/C12H19NO4/c1-8-5-11(12(14)15)9(2)13(8)6-10(17-4)7-16-3/h5,10H,6-7H2,1-4H3,(H,14,15). The first-order valence-corrected chi connectivity index (χ1v) is 5.43. The van der Waals surface area contributed by atoms with Gasteiger partial charge in [0, 0.05) is 25.6 Å². The fourth-order valence-electron chi connectivity index (χ4n) is 1.88. The number of rotatable bonds is 6. The Labute approximate surface area is 101 Å². The molecule has 0 radical (unpaired) electrons. The van der Waals surface area contributed by atoms with Crippen LogP contribution in [0.25, 0.3) is 0 Å². The molecule has 96 valence electrons. The van der Waals surface area contributed by atoms with Gasteiger partial charge in [-0.3, -0.25) is 0 Å². The third-order valence-electron chi connectivity index (χ3n) is 2.88. The molecule has 0 aromatic carbocycles. The van der Waals surface area contributed by atoms with E-state index in [4.69, 9.17) is 14.6 Å². The first kappa shape index (κ1) is 13.7. The quantitative estimate of drug-likeness (QED) is 0.819. The Balaban J connectivity index is 2.94. The van der Waals surface area contributed by atoms with Crippen molar-refractivity contribution in [2.24, 2.45) is 0 Å². The number of hydrogen-bond acceptors (Lipinski definition) is 3. The second kappa shape index (κ2) is 5.84. The maximum Gasteiger partial charge on any atom is 0.337 e. The topological polar surface area (TPSA) is 60.7 Å². The van der Waals surface area contributed by atoms with Crippen LogP contribution in [0.2, 0.25) is 0 Å². The zero-order chi connectivity index (χ0) is 13.0. The SMILES string of the molecule is COCC(Cn1c(C)cc(C(=O)O)c1C)OC. The Morgan fingerprint density at radius 2 is 2.12 bits per heavy atom. The van der Waals surface area contributed by atoms with Crippen molar-refractivity contribution in [1.29, 1.82) is 0 Å². The molecule has 1 N–H and O–H groups in total. The van der Waals surface area contributed by atoms with Crippen LogP contribution >= 0.6 is 0 Å². The molecule has 0 spiro atoms. The minimum atomic E-state index is -0.898. The van der Waals surface area contributed by atoms with E-state index in [1.807, 2.05) is 11.5 Å². The highest BCUT2D eigenvalue weighted by Gasteiger charge is 2.17. The molecule has 1 aromatic rings. The molecule has 0 bridgehead atoms. The highest BCUT2D eigenvalue weighted by Crippen LogP contribution is 2.16. The van der Waals surface area contributed by atoms with Gasteiger partial charge in [0.2, 0.25) is 0 Å². The van der Waals surface area contributed by atoms with Crippen LogP contribution in [0.4, 0.5) is 0 Å². The first-order chi connectivity index (χ1) is 8.01. The van der Waals surface area contributed by atoms with Crippen molar-refractivity contribution in [1.82, 2.24) is 4.57 Å². The summed E-state index contributed by atoms with van der Waals surface area (Å²) in [7, 11) is 3.24. The Hall–Kier alpha value is -1.33. The third kappa shape index (κ3) is 3.08. The molecular weight excluding hydrogens is 222 g/mol. The average Bonchev–Trinajstić information content (AvgIpc) is 2.56. The second-order valence-corrected chi connectivity index (χ2v) is 4.01. The number of ether oxygens (including phenoxy) is 2. The Bertz CT molecular complexity index is 397. The van der Waals surface area contributed by atoms with Gasteiger partial charge in [0.25, 0.3) is 0 Å². The first-order valence-electron chi connectivity index (χ1n) is 5.43. The van der Waals surface area contributed by atoms with E-state index in [9.17, 15) is 4.79 Å². The Morgan fingerprint density at radius 3 is 2.53 bits per heavy atom. The van der Waals surface area contributed by atoms with Crippen LogP contribution in [0.3, 0.4) is 0 Å². The van der Waals surface area contributed by atoms with Gasteiger partial charge in [-0.2, -0.15) is 0 Å². The predicted octanol–water partition coefficient (Wildman–Crippen LogP) is 1.46. The van der Waals surface area contributed by atoms with Gasteiger partial charge in [-0.05, 0) is 19.9 Å². The number of aromatic carboxylic acids is 1. The molecule has 5 heteroatoms. The van der Waals surface area contributed by atoms with E-state index in [1.54, 1.807) is 27.2 Å². The molecule has 0 amide bonds. The minimum Gasteiger partial charge on any atom is -0.478 e. The van der Waals surface area contributed by atoms with Gasteiger partial charge in [0.1, 0.15) is 0 Å². The third-order valence-corrected chi connectivity index (χ3v) is 2.88. The summed E-state index contributed by atoms with van der Waals surface area (Å²) in [4.78, 5) is 11.0. The maximum atomic E-state index is 11.0. The van der Waals surface area contributed by atoms with Crippen LogP contribution in [0.15, 0.2) is 6.07 Å². The van der Waals surface area contributed by atoms with Crippen LogP contribution in [-0.2, 0) is 16.0 Å². The normalized spacial score (nSPS) is 12.7. The summed E-state index contributed by atoms with van der Waals surface area (Å²) >= 11 is 0. The second-order valence-electron chi connectivity index (χ2n) is 4.01. The molecule has 1 aromatic heterocycles. The molecule has 17 heavy (non-hydrogen) atoms. The molecule has 0 fully saturated rings. The van der Waals surface area contributed by atoms with Crippen LogP contribution in [0.5, 0.6) is 0 Å². The van der Waals surface area contributed by atoms with Gasteiger partial charge < -0.3 is 19.1 Å². The Kier molecular flexibility index (Phi) is 4.72. The lowest BCUT2D eigenvalue weighted by Crippen LogP contribution is -2.25. The lowest BCUT2D eigenvalue weighted by atomic mass is 10.2. The van der Waals surface area contributed by atoms with Gasteiger partial charge >= 0.3 is 5.97 Å². The van der Waals surface area contributed by atoms with E-state index in [1.165, 1.54) is 0 Å². The number of hydrogen-bond donors (Lipinski definition) is 1. The van der Waals surface area contributed by atoms with E-state index < -0.39 is 5.97 Å².